The van der Waals surface area contributed by atoms with E-state index >= 15 is 0 Å². The van der Waals surface area contributed by atoms with Crippen LogP contribution in [0.3, 0.4) is 0 Å². The third-order valence-electron chi connectivity index (χ3n) is 6.70. The standard InChI is InChI=1S/C26H32Cl2N4O6S/c1-3-24(26(34)29-20-8-5-4-6-9-20)30(16-18-12-13-19(27)14-23(18)28)25(33)17-31(39(2,37)38)21-10-7-11-22(15-21)32(35)36/h7,10-15,20,24H,3-6,8-9,16-17H2,1-2H3,(H,29,34). The number of carbonyl (C=O) groups excluding carboxylic acids is 2. The summed E-state index contributed by atoms with van der Waals surface area (Å²) in [7, 11) is -4.03. The highest BCUT2D eigenvalue weighted by molar-refractivity contribution is 7.92. The average molecular weight is 600 g/mol. The maximum atomic E-state index is 13.8. The predicted octanol–water partition coefficient (Wildman–Crippen LogP) is 4.92. The number of rotatable bonds is 11. The Labute approximate surface area is 238 Å². The SMILES string of the molecule is CCC(C(=O)NC1CCCCC1)N(Cc1ccc(Cl)cc1Cl)C(=O)CN(c1cccc([N+](=O)[O-])c1)S(C)(=O)=O. The lowest BCUT2D eigenvalue weighted by molar-refractivity contribution is -0.384. The van der Waals surface area contributed by atoms with Gasteiger partial charge in [0.15, 0.2) is 0 Å². The molecule has 39 heavy (non-hydrogen) atoms. The highest BCUT2D eigenvalue weighted by atomic mass is 35.5. The molecule has 1 aliphatic rings. The van der Waals surface area contributed by atoms with E-state index < -0.39 is 33.4 Å². The van der Waals surface area contributed by atoms with Crippen LogP contribution in [0.5, 0.6) is 0 Å². The highest BCUT2D eigenvalue weighted by Crippen LogP contribution is 2.27. The molecule has 0 radical (unpaired) electrons. The Kier molecular flexibility index (Phi) is 10.6. The fourth-order valence-electron chi connectivity index (χ4n) is 4.67. The van der Waals surface area contributed by atoms with E-state index in [2.05, 4.69) is 5.32 Å². The second kappa shape index (κ2) is 13.5. The zero-order valence-electron chi connectivity index (χ0n) is 21.8. The van der Waals surface area contributed by atoms with Crippen molar-refractivity contribution in [1.29, 1.82) is 0 Å². The third-order valence-corrected chi connectivity index (χ3v) is 8.43. The summed E-state index contributed by atoms with van der Waals surface area (Å²) in [5.74, 6) is -0.993. The molecule has 1 saturated carbocycles. The van der Waals surface area contributed by atoms with Crippen LogP contribution in [0.4, 0.5) is 11.4 Å². The predicted molar refractivity (Wildman–Crippen MR) is 151 cm³/mol. The summed E-state index contributed by atoms with van der Waals surface area (Å²) >= 11 is 12.4. The molecule has 0 saturated heterocycles. The minimum absolute atomic E-state index is 0.00811. The number of nitro groups is 1. The van der Waals surface area contributed by atoms with E-state index in [4.69, 9.17) is 23.2 Å². The van der Waals surface area contributed by atoms with Gasteiger partial charge in [-0.25, -0.2) is 8.42 Å². The molecule has 212 valence electrons. The van der Waals surface area contributed by atoms with E-state index in [-0.39, 0.29) is 36.3 Å². The van der Waals surface area contributed by atoms with E-state index in [1.54, 1.807) is 19.1 Å². The van der Waals surface area contributed by atoms with E-state index in [1.165, 1.54) is 29.2 Å². The second-order valence-electron chi connectivity index (χ2n) is 9.57. The summed E-state index contributed by atoms with van der Waals surface area (Å²) in [6, 6.07) is 8.90. The maximum absolute atomic E-state index is 13.8. The Morgan fingerprint density at radius 2 is 1.82 bits per heavy atom. The van der Waals surface area contributed by atoms with Crippen molar-refractivity contribution in [3.8, 4) is 0 Å². The van der Waals surface area contributed by atoms with Crippen molar-refractivity contribution in [3.63, 3.8) is 0 Å². The summed E-state index contributed by atoms with van der Waals surface area (Å²) in [5.41, 5.74) is 0.167. The number of halogens is 2. The van der Waals surface area contributed by atoms with Crippen LogP contribution >= 0.6 is 23.2 Å². The number of nitro benzene ring substituents is 1. The number of hydrogen-bond donors (Lipinski definition) is 1. The monoisotopic (exact) mass is 598 g/mol. The molecular weight excluding hydrogens is 567 g/mol. The fourth-order valence-corrected chi connectivity index (χ4v) is 5.98. The molecule has 3 rings (SSSR count). The third kappa shape index (κ3) is 8.30. The lowest BCUT2D eigenvalue weighted by Gasteiger charge is -2.34. The number of non-ortho nitro benzene ring substituents is 1. The van der Waals surface area contributed by atoms with Crippen molar-refractivity contribution in [2.75, 3.05) is 17.1 Å². The van der Waals surface area contributed by atoms with Crippen molar-refractivity contribution >= 4 is 56.4 Å². The van der Waals surface area contributed by atoms with Crippen LogP contribution in [0, 0.1) is 10.1 Å². The van der Waals surface area contributed by atoms with Crippen molar-refractivity contribution in [2.45, 2.75) is 64.1 Å². The first-order valence-corrected chi connectivity index (χ1v) is 15.3. The van der Waals surface area contributed by atoms with Crippen molar-refractivity contribution in [1.82, 2.24) is 10.2 Å². The highest BCUT2D eigenvalue weighted by Gasteiger charge is 2.33. The molecule has 1 unspecified atom stereocenters. The van der Waals surface area contributed by atoms with Gasteiger partial charge in [-0.3, -0.25) is 24.0 Å². The Morgan fingerprint density at radius 1 is 1.13 bits per heavy atom. The number of sulfonamides is 1. The molecule has 10 nitrogen and oxygen atoms in total. The maximum Gasteiger partial charge on any atom is 0.271 e. The van der Waals surface area contributed by atoms with Crippen LogP contribution in [-0.2, 0) is 26.2 Å². The van der Waals surface area contributed by atoms with Crippen LogP contribution in [0.25, 0.3) is 0 Å². The number of benzene rings is 2. The molecule has 2 aromatic rings. The van der Waals surface area contributed by atoms with Gasteiger partial charge in [0, 0.05) is 34.8 Å². The molecule has 0 bridgehead atoms. The average Bonchev–Trinajstić information content (AvgIpc) is 2.88. The minimum atomic E-state index is -4.03. The summed E-state index contributed by atoms with van der Waals surface area (Å²) < 4.78 is 26.3. The zero-order chi connectivity index (χ0) is 28.7. The summed E-state index contributed by atoms with van der Waals surface area (Å²) in [6.07, 6.45) is 6.02. The summed E-state index contributed by atoms with van der Waals surface area (Å²) in [6.45, 7) is 1.03. The van der Waals surface area contributed by atoms with Crippen molar-refractivity contribution in [3.05, 3.63) is 68.2 Å². The largest absolute Gasteiger partial charge is 0.352 e. The fraction of sp³-hybridized carbons (Fsp3) is 0.462. The lowest BCUT2D eigenvalue weighted by Crippen LogP contribution is -2.54. The van der Waals surface area contributed by atoms with Gasteiger partial charge in [0.1, 0.15) is 12.6 Å². The number of nitrogens with zero attached hydrogens (tertiary/aromatic N) is 3. The molecule has 0 aliphatic heterocycles. The zero-order valence-corrected chi connectivity index (χ0v) is 24.1. The van der Waals surface area contributed by atoms with E-state index in [0.29, 0.717) is 15.6 Å². The number of nitrogens with one attached hydrogen (secondary N) is 1. The second-order valence-corrected chi connectivity index (χ2v) is 12.3. The summed E-state index contributed by atoms with van der Waals surface area (Å²) in [5, 5.41) is 15.0. The smallest absolute Gasteiger partial charge is 0.271 e. The number of anilines is 1. The molecule has 0 spiro atoms. The van der Waals surface area contributed by atoms with Crippen LogP contribution < -0.4 is 9.62 Å². The van der Waals surface area contributed by atoms with Crippen LogP contribution in [0.1, 0.15) is 51.0 Å². The van der Waals surface area contributed by atoms with Gasteiger partial charge in [-0.2, -0.15) is 0 Å². The Bertz CT molecular complexity index is 1320. The molecule has 2 aromatic carbocycles. The minimum Gasteiger partial charge on any atom is -0.352 e. The van der Waals surface area contributed by atoms with Crippen LogP contribution in [0.2, 0.25) is 10.0 Å². The lowest BCUT2D eigenvalue weighted by atomic mass is 9.95. The molecule has 2 amide bonds. The number of amides is 2. The first kappa shape index (κ1) is 30.6. The molecule has 1 atom stereocenters. The van der Waals surface area contributed by atoms with Gasteiger partial charge in [-0.05, 0) is 43.0 Å². The van der Waals surface area contributed by atoms with Crippen molar-refractivity contribution in [2.24, 2.45) is 0 Å². The Hall–Kier alpha value is -2.89. The van der Waals surface area contributed by atoms with E-state index in [1.807, 2.05) is 0 Å². The van der Waals surface area contributed by atoms with Gasteiger partial charge in [-0.1, -0.05) is 61.5 Å². The number of carbonyl (C=O) groups is 2. The molecular formula is C26H32Cl2N4O6S. The first-order valence-electron chi connectivity index (χ1n) is 12.7. The Balaban J connectivity index is 1.96. The molecule has 1 N–H and O–H groups in total. The van der Waals surface area contributed by atoms with Gasteiger partial charge in [0.05, 0.1) is 16.9 Å². The topological polar surface area (TPSA) is 130 Å². The number of hydrogen-bond acceptors (Lipinski definition) is 6. The Morgan fingerprint density at radius 3 is 2.41 bits per heavy atom. The van der Waals surface area contributed by atoms with Gasteiger partial charge < -0.3 is 10.2 Å². The van der Waals surface area contributed by atoms with Crippen LogP contribution in [0.15, 0.2) is 42.5 Å². The molecule has 0 heterocycles. The first-order chi connectivity index (χ1) is 18.4. The van der Waals surface area contributed by atoms with Gasteiger partial charge in [-0.15, -0.1) is 0 Å². The normalized spacial score (nSPS) is 14.9. The van der Waals surface area contributed by atoms with Gasteiger partial charge in [0.2, 0.25) is 21.8 Å². The van der Waals surface area contributed by atoms with Crippen molar-refractivity contribution < 1.29 is 22.9 Å². The molecule has 1 fully saturated rings. The molecule has 1 aliphatic carbocycles. The quantitative estimate of drug-likeness (QED) is 0.288. The molecule has 13 heteroatoms. The van der Waals surface area contributed by atoms with E-state index in [9.17, 15) is 28.1 Å². The van der Waals surface area contributed by atoms with Crippen LogP contribution in [-0.4, -0.2) is 54.9 Å². The van der Waals surface area contributed by atoms with Gasteiger partial charge >= 0.3 is 0 Å². The van der Waals surface area contributed by atoms with E-state index in [0.717, 1.165) is 48.7 Å². The van der Waals surface area contributed by atoms with Gasteiger partial charge in [0.25, 0.3) is 5.69 Å². The summed E-state index contributed by atoms with van der Waals surface area (Å²) in [4.78, 5) is 39.2. The molecule has 0 aromatic heterocycles.